The van der Waals surface area contributed by atoms with Gasteiger partial charge in [0.25, 0.3) is 5.91 Å². The summed E-state index contributed by atoms with van der Waals surface area (Å²) in [5.41, 5.74) is 8.42. The van der Waals surface area contributed by atoms with Gasteiger partial charge in [0.05, 0.1) is 17.1 Å². The molecule has 10 nitrogen and oxygen atoms in total. The van der Waals surface area contributed by atoms with Crippen molar-refractivity contribution in [3.8, 4) is 0 Å². The molecule has 0 aliphatic heterocycles. The minimum absolute atomic E-state index is 0.133. The Morgan fingerprint density at radius 2 is 2.00 bits per heavy atom. The second-order valence-corrected chi connectivity index (χ2v) is 7.89. The maximum atomic E-state index is 12.5. The Morgan fingerprint density at radius 1 is 1.20 bits per heavy atom. The first-order chi connectivity index (χ1) is 14.2. The first-order valence-corrected chi connectivity index (χ1v) is 9.33. The van der Waals surface area contributed by atoms with Crippen LogP contribution in [0.3, 0.4) is 0 Å². The number of nitrogen functional groups attached to an aromatic ring is 1. The third kappa shape index (κ3) is 3.66. The molecule has 0 bridgehead atoms. The molecule has 0 aliphatic rings. The van der Waals surface area contributed by atoms with Gasteiger partial charge in [0.1, 0.15) is 12.1 Å². The van der Waals surface area contributed by atoms with Crippen LogP contribution in [0.1, 0.15) is 36.7 Å². The van der Waals surface area contributed by atoms with Gasteiger partial charge in [-0.15, -0.1) is 0 Å². The third-order valence-corrected chi connectivity index (χ3v) is 4.51. The van der Waals surface area contributed by atoms with Crippen molar-refractivity contribution in [2.45, 2.75) is 33.2 Å². The fourth-order valence-corrected chi connectivity index (χ4v) is 3.00. The predicted molar refractivity (Wildman–Crippen MR) is 114 cm³/mol. The number of aryl methyl sites for hydroxylation is 1. The smallest absolute Gasteiger partial charge is 0.256 e. The van der Waals surface area contributed by atoms with Crippen molar-refractivity contribution in [1.29, 1.82) is 0 Å². The highest BCUT2D eigenvalue weighted by Gasteiger charge is 2.21. The van der Waals surface area contributed by atoms with Crippen LogP contribution in [0, 0.1) is 6.92 Å². The SMILES string of the molecule is Cc1ccc(C(=O)Nc2ccon2)cc1Nc1nc(N)nc2c1cnn2C(C)(C)C. The monoisotopic (exact) mass is 406 g/mol. The van der Waals surface area contributed by atoms with E-state index in [1.165, 1.54) is 6.26 Å². The Balaban J connectivity index is 1.70. The number of benzene rings is 1. The molecule has 4 aromatic rings. The van der Waals surface area contributed by atoms with E-state index in [-0.39, 0.29) is 17.4 Å². The van der Waals surface area contributed by atoms with E-state index in [0.717, 1.165) is 10.9 Å². The summed E-state index contributed by atoms with van der Waals surface area (Å²) < 4.78 is 6.55. The number of nitrogens with two attached hydrogens (primary N) is 1. The number of carbonyl (C=O) groups excluding carboxylic acids is 1. The summed E-state index contributed by atoms with van der Waals surface area (Å²) >= 11 is 0. The zero-order chi connectivity index (χ0) is 21.5. The van der Waals surface area contributed by atoms with Crippen LogP contribution >= 0.6 is 0 Å². The lowest BCUT2D eigenvalue weighted by molar-refractivity contribution is 0.102. The fraction of sp³-hybridized carbons (Fsp3) is 0.250. The molecule has 10 heteroatoms. The zero-order valence-corrected chi connectivity index (χ0v) is 17.1. The normalized spacial score (nSPS) is 11.6. The summed E-state index contributed by atoms with van der Waals surface area (Å²) in [5, 5.41) is 14.8. The van der Waals surface area contributed by atoms with E-state index in [0.29, 0.717) is 28.5 Å². The highest BCUT2D eigenvalue weighted by molar-refractivity contribution is 6.04. The number of carbonyl (C=O) groups is 1. The van der Waals surface area contributed by atoms with Crippen molar-refractivity contribution in [2.75, 3.05) is 16.4 Å². The average Bonchev–Trinajstić information content (AvgIpc) is 3.32. The van der Waals surface area contributed by atoms with Gasteiger partial charge in [-0.25, -0.2) is 4.68 Å². The summed E-state index contributed by atoms with van der Waals surface area (Å²) in [6, 6.07) is 6.89. The molecule has 30 heavy (non-hydrogen) atoms. The van der Waals surface area contributed by atoms with Crippen LogP contribution in [-0.2, 0) is 5.54 Å². The lowest BCUT2D eigenvalue weighted by atomic mass is 10.1. The van der Waals surface area contributed by atoms with E-state index in [2.05, 4.69) is 30.9 Å². The number of nitrogens with zero attached hydrogens (tertiary/aromatic N) is 5. The van der Waals surface area contributed by atoms with E-state index in [1.807, 2.05) is 33.8 Å². The minimum Gasteiger partial charge on any atom is -0.368 e. The van der Waals surface area contributed by atoms with E-state index in [1.54, 1.807) is 29.1 Å². The number of fused-ring (bicyclic) bond motifs is 1. The van der Waals surface area contributed by atoms with Crippen LogP contribution in [0.15, 0.2) is 41.2 Å². The zero-order valence-electron chi connectivity index (χ0n) is 17.1. The molecule has 0 spiro atoms. The number of nitrogens with one attached hydrogen (secondary N) is 2. The highest BCUT2D eigenvalue weighted by atomic mass is 16.5. The van der Waals surface area contributed by atoms with Crippen molar-refractivity contribution in [1.82, 2.24) is 24.9 Å². The molecule has 0 saturated carbocycles. The minimum atomic E-state index is -0.306. The molecule has 3 heterocycles. The van der Waals surface area contributed by atoms with Gasteiger partial charge >= 0.3 is 0 Å². The van der Waals surface area contributed by atoms with E-state index < -0.39 is 0 Å². The van der Waals surface area contributed by atoms with Gasteiger partial charge < -0.3 is 20.9 Å². The molecule has 4 rings (SSSR count). The van der Waals surface area contributed by atoms with Crippen molar-refractivity contribution < 1.29 is 9.32 Å². The number of aromatic nitrogens is 5. The van der Waals surface area contributed by atoms with Crippen LogP contribution in [-0.4, -0.2) is 30.8 Å². The van der Waals surface area contributed by atoms with Crippen LogP contribution in [0.4, 0.5) is 23.3 Å². The molecule has 4 N–H and O–H groups in total. The van der Waals surface area contributed by atoms with Crippen LogP contribution < -0.4 is 16.4 Å². The molecule has 154 valence electrons. The summed E-state index contributed by atoms with van der Waals surface area (Å²) in [6.07, 6.45) is 3.10. The lowest BCUT2D eigenvalue weighted by Crippen LogP contribution is -2.23. The molecular weight excluding hydrogens is 384 g/mol. The van der Waals surface area contributed by atoms with Gasteiger partial charge in [-0.2, -0.15) is 15.1 Å². The van der Waals surface area contributed by atoms with Gasteiger partial charge in [-0.05, 0) is 45.4 Å². The van der Waals surface area contributed by atoms with Crippen molar-refractivity contribution in [3.63, 3.8) is 0 Å². The maximum absolute atomic E-state index is 12.5. The number of amides is 1. The first kappa shape index (κ1) is 19.4. The van der Waals surface area contributed by atoms with Crippen LogP contribution in [0.25, 0.3) is 11.0 Å². The third-order valence-electron chi connectivity index (χ3n) is 4.51. The van der Waals surface area contributed by atoms with Crippen molar-refractivity contribution in [2.24, 2.45) is 0 Å². The van der Waals surface area contributed by atoms with Crippen LogP contribution in [0.5, 0.6) is 0 Å². The molecule has 1 amide bonds. The second-order valence-electron chi connectivity index (χ2n) is 7.89. The molecule has 0 atom stereocenters. The van der Waals surface area contributed by atoms with Gasteiger partial charge in [0, 0.05) is 17.3 Å². The number of hydrogen-bond donors (Lipinski definition) is 3. The first-order valence-electron chi connectivity index (χ1n) is 9.33. The van der Waals surface area contributed by atoms with Crippen molar-refractivity contribution >= 4 is 40.2 Å². The lowest BCUT2D eigenvalue weighted by Gasteiger charge is -2.20. The van der Waals surface area contributed by atoms with E-state index in [4.69, 9.17) is 10.3 Å². The van der Waals surface area contributed by atoms with Gasteiger partial charge in [-0.1, -0.05) is 11.2 Å². The Hall–Kier alpha value is -3.95. The molecule has 0 saturated heterocycles. The van der Waals surface area contributed by atoms with Crippen LogP contribution in [0.2, 0.25) is 0 Å². The maximum Gasteiger partial charge on any atom is 0.256 e. The Morgan fingerprint density at radius 3 is 2.70 bits per heavy atom. The average molecular weight is 406 g/mol. The summed E-state index contributed by atoms with van der Waals surface area (Å²) in [4.78, 5) is 21.2. The Labute approximate surface area is 172 Å². The fourth-order valence-electron chi connectivity index (χ4n) is 3.00. The summed E-state index contributed by atoms with van der Waals surface area (Å²) in [6.45, 7) is 8.03. The summed E-state index contributed by atoms with van der Waals surface area (Å²) in [5.74, 6) is 0.688. The molecule has 0 aliphatic carbocycles. The van der Waals surface area contributed by atoms with Crippen molar-refractivity contribution in [3.05, 3.63) is 47.9 Å². The van der Waals surface area contributed by atoms with E-state index in [9.17, 15) is 4.79 Å². The highest BCUT2D eigenvalue weighted by Crippen LogP contribution is 2.29. The molecule has 1 aromatic carbocycles. The standard InChI is InChI=1S/C20H22N8O2/c1-11-5-6-12(18(29)24-15-7-8-30-27-15)9-14(11)23-16-13-10-22-28(20(2,3)4)17(13)26-19(21)25-16/h5-10H,1-4H3,(H,24,27,29)(H3,21,23,25,26). The Kier molecular flexibility index (Phi) is 4.61. The molecule has 0 fully saturated rings. The molecule has 3 aromatic heterocycles. The number of hydrogen-bond acceptors (Lipinski definition) is 8. The topological polar surface area (TPSA) is 137 Å². The quantitative estimate of drug-likeness (QED) is 0.469. The number of rotatable bonds is 4. The number of anilines is 4. The van der Waals surface area contributed by atoms with Gasteiger partial charge in [0.2, 0.25) is 5.95 Å². The summed E-state index contributed by atoms with van der Waals surface area (Å²) in [7, 11) is 0. The molecule has 0 unspecified atom stereocenters. The van der Waals surface area contributed by atoms with Gasteiger partial charge in [0.15, 0.2) is 11.5 Å². The largest absolute Gasteiger partial charge is 0.368 e. The molecule has 0 radical (unpaired) electrons. The second kappa shape index (κ2) is 7.14. The predicted octanol–water partition coefficient (Wildman–Crippen LogP) is 3.46. The molecular formula is C20H22N8O2. The van der Waals surface area contributed by atoms with Gasteiger partial charge in [-0.3, -0.25) is 4.79 Å². The Bertz CT molecular complexity index is 1220. The van der Waals surface area contributed by atoms with E-state index >= 15 is 0 Å².